The number of hydrogen-bond donors (Lipinski definition) is 1. The average molecular weight is 460 g/mol. The van der Waals surface area contributed by atoms with E-state index in [0.29, 0.717) is 22.7 Å². The molecule has 0 radical (unpaired) electrons. The fourth-order valence-corrected chi connectivity index (χ4v) is 3.98. The van der Waals surface area contributed by atoms with Crippen LogP contribution in [0.5, 0.6) is 5.75 Å². The van der Waals surface area contributed by atoms with E-state index in [0.717, 1.165) is 23.7 Å². The summed E-state index contributed by atoms with van der Waals surface area (Å²) in [4.78, 5) is 30.2. The highest BCUT2D eigenvalue weighted by Crippen LogP contribution is 2.34. The van der Waals surface area contributed by atoms with E-state index >= 15 is 0 Å². The second-order valence-electron chi connectivity index (χ2n) is 7.74. The first-order valence-corrected chi connectivity index (χ1v) is 11.1. The number of benzene rings is 3. The van der Waals surface area contributed by atoms with Gasteiger partial charge in [0, 0.05) is 24.5 Å². The molecular weight excluding hydrogens is 433 g/mol. The normalized spacial score (nSPS) is 13.5. The molecule has 4 rings (SSSR count). The number of methoxy groups -OCH3 is 1. The van der Waals surface area contributed by atoms with Crippen LogP contribution in [0.3, 0.4) is 0 Å². The lowest BCUT2D eigenvalue weighted by molar-refractivity contribution is -0.120. The van der Waals surface area contributed by atoms with Gasteiger partial charge >= 0.3 is 0 Å². The van der Waals surface area contributed by atoms with Gasteiger partial charge in [0.05, 0.1) is 18.4 Å². The zero-order chi connectivity index (χ0) is 24.2. The summed E-state index contributed by atoms with van der Waals surface area (Å²) in [6, 6.07) is 19.9. The van der Waals surface area contributed by atoms with Crippen molar-refractivity contribution in [3.8, 4) is 5.75 Å². The molecule has 0 aromatic heterocycles. The zero-order valence-corrected chi connectivity index (χ0v) is 19.3. The molecule has 7 heteroatoms. The van der Waals surface area contributed by atoms with Gasteiger partial charge in [0.2, 0.25) is 0 Å². The molecule has 0 spiro atoms. The summed E-state index contributed by atoms with van der Waals surface area (Å²) in [5.74, 6) is -0.796. The SMILES string of the molecule is CCN(CC)c1ccc(NC2=C(c3ccc(OC)cc3)C(=O)N(c3ccc(F)cc3)C2=O)cc1. The highest BCUT2D eigenvalue weighted by Gasteiger charge is 2.40. The molecule has 1 N–H and O–H groups in total. The Morgan fingerprint density at radius 3 is 2.03 bits per heavy atom. The summed E-state index contributed by atoms with van der Waals surface area (Å²) in [7, 11) is 1.56. The number of carbonyl (C=O) groups excluding carboxylic acids is 2. The summed E-state index contributed by atoms with van der Waals surface area (Å²) >= 11 is 0. The standard InChI is InChI=1S/C27H26FN3O3/c1-4-30(5-2)21-14-10-20(11-15-21)29-25-24(18-6-16-23(34-3)17-7-18)26(32)31(27(25)33)22-12-8-19(28)9-13-22/h6-17,29H,4-5H2,1-3H3. The number of nitrogens with zero attached hydrogens (tertiary/aromatic N) is 2. The van der Waals surface area contributed by atoms with Crippen molar-refractivity contribution in [2.75, 3.05) is 35.3 Å². The Bertz CT molecular complexity index is 1220. The number of rotatable bonds is 8. The molecule has 0 saturated carbocycles. The quantitative estimate of drug-likeness (QED) is 0.476. The first-order chi connectivity index (χ1) is 16.5. The number of nitrogens with one attached hydrogen (secondary N) is 1. The Morgan fingerprint density at radius 2 is 1.47 bits per heavy atom. The molecule has 0 bridgehead atoms. The van der Waals surface area contributed by atoms with Crippen LogP contribution in [-0.4, -0.2) is 32.0 Å². The van der Waals surface area contributed by atoms with Gasteiger partial charge in [-0.1, -0.05) is 12.1 Å². The first kappa shape index (κ1) is 23.0. The van der Waals surface area contributed by atoms with Crippen molar-refractivity contribution in [2.24, 2.45) is 0 Å². The highest BCUT2D eigenvalue weighted by molar-refractivity contribution is 6.46. The Hall–Kier alpha value is -4.13. The molecule has 0 atom stereocenters. The smallest absolute Gasteiger partial charge is 0.282 e. The lowest BCUT2D eigenvalue weighted by Crippen LogP contribution is -2.32. The largest absolute Gasteiger partial charge is 0.497 e. The van der Waals surface area contributed by atoms with E-state index in [9.17, 15) is 14.0 Å². The van der Waals surface area contributed by atoms with Crippen molar-refractivity contribution in [3.63, 3.8) is 0 Å². The molecule has 0 aliphatic carbocycles. The minimum Gasteiger partial charge on any atom is -0.497 e. The van der Waals surface area contributed by atoms with Crippen molar-refractivity contribution >= 4 is 34.4 Å². The Labute approximate surface area is 198 Å². The van der Waals surface area contributed by atoms with Crippen molar-refractivity contribution < 1.29 is 18.7 Å². The predicted molar refractivity (Wildman–Crippen MR) is 132 cm³/mol. The Balaban J connectivity index is 1.74. The number of halogens is 1. The van der Waals surface area contributed by atoms with E-state index in [1.165, 1.54) is 24.3 Å². The third-order valence-corrected chi connectivity index (χ3v) is 5.81. The van der Waals surface area contributed by atoms with Crippen LogP contribution >= 0.6 is 0 Å². The molecule has 1 heterocycles. The van der Waals surface area contributed by atoms with Crippen LogP contribution in [0.25, 0.3) is 5.57 Å². The lowest BCUT2D eigenvalue weighted by atomic mass is 10.0. The third-order valence-electron chi connectivity index (χ3n) is 5.81. The van der Waals surface area contributed by atoms with Gasteiger partial charge in [0.25, 0.3) is 11.8 Å². The van der Waals surface area contributed by atoms with Crippen LogP contribution in [0.4, 0.5) is 21.5 Å². The van der Waals surface area contributed by atoms with Gasteiger partial charge in [0.1, 0.15) is 17.3 Å². The second kappa shape index (κ2) is 9.79. The molecule has 0 unspecified atom stereocenters. The molecule has 34 heavy (non-hydrogen) atoms. The lowest BCUT2D eigenvalue weighted by Gasteiger charge is -2.21. The Morgan fingerprint density at radius 1 is 0.853 bits per heavy atom. The third kappa shape index (κ3) is 4.37. The molecule has 2 amide bonds. The van der Waals surface area contributed by atoms with Crippen LogP contribution in [-0.2, 0) is 9.59 Å². The monoisotopic (exact) mass is 459 g/mol. The molecular formula is C27H26FN3O3. The van der Waals surface area contributed by atoms with Gasteiger partial charge in [-0.25, -0.2) is 9.29 Å². The van der Waals surface area contributed by atoms with Gasteiger partial charge in [-0.2, -0.15) is 0 Å². The minimum absolute atomic E-state index is 0.162. The fraction of sp³-hybridized carbons (Fsp3) is 0.185. The average Bonchev–Trinajstić information content (AvgIpc) is 3.10. The topological polar surface area (TPSA) is 61.9 Å². The van der Waals surface area contributed by atoms with Crippen LogP contribution in [0.1, 0.15) is 19.4 Å². The van der Waals surface area contributed by atoms with E-state index in [1.54, 1.807) is 31.4 Å². The maximum Gasteiger partial charge on any atom is 0.282 e. The number of hydrogen-bond acceptors (Lipinski definition) is 5. The summed E-state index contributed by atoms with van der Waals surface area (Å²) < 4.78 is 18.7. The van der Waals surface area contributed by atoms with E-state index in [-0.39, 0.29) is 11.3 Å². The summed E-state index contributed by atoms with van der Waals surface area (Å²) in [5, 5.41) is 3.16. The van der Waals surface area contributed by atoms with Crippen LogP contribution in [0, 0.1) is 5.82 Å². The molecule has 3 aromatic carbocycles. The fourth-order valence-electron chi connectivity index (χ4n) is 3.98. The predicted octanol–water partition coefficient (Wildman–Crippen LogP) is 5.08. The van der Waals surface area contributed by atoms with Gasteiger partial charge in [-0.05, 0) is 80.1 Å². The number of amides is 2. The number of imide groups is 1. The highest BCUT2D eigenvalue weighted by atomic mass is 19.1. The maximum absolute atomic E-state index is 13.5. The summed E-state index contributed by atoms with van der Waals surface area (Å²) in [6.45, 7) is 5.95. The van der Waals surface area contributed by atoms with E-state index in [2.05, 4.69) is 24.1 Å². The maximum atomic E-state index is 13.5. The van der Waals surface area contributed by atoms with E-state index in [1.807, 2.05) is 24.3 Å². The van der Waals surface area contributed by atoms with Gasteiger partial charge in [-0.3, -0.25) is 9.59 Å². The van der Waals surface area contributed by atoms with Crippen molar-refractivity contribution in [3.05, 3.63) is 89.9 Å². The van der Waals surface area contributed by atoms with Crippen LogP contribution in [0.15, 0.2) is 78.5 Å². The first-order valence-electron chi connectivity index (χ1n) is 11.1. The van der Waals surface area contributed by atoms with Crippen LogP contribution in [0.2, 0.25) is 0 Å². The number of anilines is 3. The van der Waals surface area contributed by atoms with E-state index < -0.39 is 17.6 Å². The molecule has 0 saturated heterocycles. The van der Waals surface area contributed by atoms with Gasteiger partial charge in [0.15, 0.2) is 0 Å². The summed E-state index contributed by atoms with van der Waals surface area (Å²) in [5.41, 5.74) is 3.03. The zero-order valence-electron chi connectivity index (χ0n) is 19.3. The van der Waals surface area contributed by atoms with Gasteiger partial charge < -0.3 is 15.0 Å². The second-order valence-corrected chi connectivity index (χ2v) is 7.74. The number of ether oxygens (including phenoxy) is 1. The molecule has 1 aliphatic rings. The molecule has 0 fully saturated rings. The minimum atomic E-state index is -0.504. The van der Waals surface area contributed by atoms with Crippen molar-refractivity contribution in [2.45, 2.75) is 13.8 Å². The molecule has 3 aromatic rings. The number of carbonyl (C=O) groups is 2. The van der Waals surface area contributed by atoms with E-state index in [4.69, 9.17) is 4.74 Å². The van der Waals surface area contributed by atoms with Crippen molar-refractivity contribution in [1.29, 1.82) is 0 Å². The van der Waals surface area contributed by atoms with Gasteiger partial charge in [-0.15, -0.1) is 0 Å². The van der Waals surface area contributed by atoms with Crippen molar-refractivity contribution in [1.82, 2.24) is 0 Å². The van der Waals surface area contributed by atoms with Crippen LogP contribution < -0.4 is 19.9 Å². The molecule has 174 valence electrons. The molecule has 1 aliphatic heterocycles. The Kier molecular flexibility index (Phi) is 6.63. The molecule has 6 nitrogen and oxygen atoms in total. The summed E-state index contributed by atoms with van der Waals surface area (Å²) in [6.07, 6.45) is 0.